The zero-order valence-electron chi connectivity index (χ0n) is 10.3. The van der Waals surface area contributed by atoms with Crippen molar-refractivity contribution in [1.82, 2.24) is 9.55 Å². The normalized spacial score (nSPS) is 10.3. The van der Waals surface area contributed by atoms with Crippen molar-refractivity contribution in [3.05, 3.63) is 42.0 Å². The predicted octanol–water partition coefficient (Wildman–Crippen LogP) is 2.32. The first-order valence-corrected chi connectivity index (χ1v) is 5.45. The lowest BCUT2D eigenvalue weighted by Gasteiger charge is -2.08. The number of aryl methyl sites for hydroxylation is 2. The fourth-order valence-corrected chi connectivity index (χ4v) is 1.59. The number of nitrogens with zero attached hydrogens (tertiary/aromatic N) is 2. The number of rotatable bonds is 4. The first-order valence-electron chi connectivity index (χ1n) is 5.45. The second-order valence-electron chi connectivity index (χ2n) is 3.83. The summed E-state index contributed by atoms with van der Waals surface area (Å²) in [5.41, 5.74) is 0.913. The van der Waals surface area contributed by atoms with Crippen LogP contribution in [0.5, 0.6) is 11.5 Å². The molecule has 0 saturated carbocycles. The molecule has 0 saturated heterocycles. The SMILES string of the molecule is COc1ccccc1OCc1cn(C)c(C)n1. The van der Waals surface area contributed by atoms with Crippen LogP contribution >= 0.6 is 0 Å². The van der Waals surface area contributed by atoms with Gasteiger partial charge in [-0.1, -0.05) is 12.1 Å². The molecule has 0 N–H and O–H groups in total. The number of imidazole rings is 1. The summed E-state index contributed by atoms with van der Waals surface area (Å²) < 4.78 is 12.9. The summed E-state index contributed by atoms with van der Waals surface area (Å²) in [6.07, 6.45) is 1.96. The summed E-state index contributed by atoms with van der Waals surface area (Å²) in [6.45, 7) is 2.41. The highest BCUT2D eigenvalue weighted by atomic mass is 16.5. The Morgan fingerprint density at radius 1 is 1.24 bits per heavy atom. The van der Waals surface area contributed by atoms with Crippen LogP contribution in [0.1, 0.15) is 11.5 Å². The third kappa shape index (κ3) is 2.58. The highest BCUT2D eigenvalue weighted by Crippen LogP contribution is 2.26. The fraction of sp³-hybridized carbons (Fsp3) is 0.308. The van der Waals surface area contributed by atoms with Crippen LogP contribution in [0.4, 0.5) is 0 Å². The number of benzene rings is 1. The maximum absolute atomic E-state index is 5.68. The molecule has 0 unspecified atom stereocenters. The maximum atomic E-state index is 5.68. The molecule has 0 spiro atoms. The Bertz CT molecular complexity index is 486. The highest BCUT2D eigenvalue weighted by molar-refractivity contribution is 5.39. The minimum absolute atomic E-state index is 0.446. The van der Waals surface area contributed by atoms with Crippen LogP contribution in [0.3, 0.4) is 0 Å². The topological polar surface area (TPSA) is 36.3 Å². The summed E-state index contributed by atoms with van der Waals surface area (Å²) >= 11 is 0. The van der Waals surface area contributed by atoms with Crippen LogP contribution in [0.2, 0.25) is 0 Å². The van der Waals surface area contributed by atoms with Gasteiger partial charge in [0.25, 0.3) is 0 Å². The van der Waals surface area contributed by atoms with E-state index in [1.807, 2.05) is 49.0 Å². The number of aromatic nitrogens is 2. The van der Waals surface area contributed by atoms with Gasteiger partial charge in [0.1, 0.15) is 12.4 Å². The van der Waals surface area contributed by atoms with E-state index in [9.17, 15) is 0 Å². The summed E-state index contributed by atoms with van der Waals surface area (Å²) in [4.78, 5) is 4.38. The number of para-hydroxylation sites is 2. The van der Waals surface area contributed by atoms with Gasteiger partial charge in [0.2, 0.25) is 0 Å². The lowest BCUT2D eigenvalue weighted by Crippen LogP contribution is -1.97. The van der Waals surface area contributed by atoms with Crippen molar-refractivity contribution in [2.45, 2.75) is 13.5 Å². The molecule has 17 heavy (non-hydrogen) atoms. The zero-order chi connectivity index (χ0) is 12.3. The number of hydrogen-bond acceptors (Lipinski definition) is 3. The van der Waals surface area contributed by atoms with Crippen molar-refractivity contribution in [1.29, 1.82) is 0 Å². The molecule has 0 radical (unpaired) electrons. The second kappa shape index (κ2) is 4.91. The van der Waals surface area contributed by atoms with Gasteiger partial charge in [-0.3, -0.25) is 0 Å². The summed E-state index contributed by atoms with van der Waals surface area (Å²) in [6, 6.07) is 7.59. The number of ether oxygens (including phenoxy) is 2. The highest BCUT2D eigenvalue weighted by Gasteiger charge is 2.05. The van der Waals surface area contributed by atoms with Crippen molar-refractivity contribution in [3.8, 4) is 11.5 Å². The van der Waals surface area contributed by atoms with Crippen LogP contribution < -0.4 is 9.47 Å². The maximum Gasteiger partial charge on any atom is 0.161 e. The van der Waals surface area contributed by atoms with Gasteiger partial charge in [0, 0.05) is 13.2 Å². The van der Waals surface area contributed by atoms with Gasteiger partial charge in [-0.25, -0.2) is 4.98 Å². The van der Waals surface area contributed by atoms with Crippen molar-refractivity contribution in [2.24, 2.45) is 7.05 Å². The molecule has 0 aliphatic carbocycles. The lowest BCUT2D eigenvalue weighted by atomic mass is 10.3. The van der Waals surface area contributed by atoms with Crippen molar-refractivity contribution < 1.29 is 9.47 Å². The van der Waals surface area contributed by atoms with E-state index in [4.69, 9.17) is 9.47 Å². The van der Waals surface area contributed by atoms with E-state index in [-0.39, 0.29) is 0 Å². The molecule has 0 aliphatic rings. The first kappa shape index (κ1) is 11.5. The number of hydrogen-bond donors (Lipinski definition) is 0. The molecule has 90 valence electrons. The Morgan fingerprint density at radius 2 is 1.94 bits per heavy atom. The Morgan fingerprint density at radius 3 is 2.53 bits per heavy atom. The number of methoxy groups -OCH3 is 1. The van der Waals surface area contributed by atoms with E-state index < -0.39 is 0 Å². The van der Waals surface area contributed by atoms with Crippen LogP contribution in [0.25, 0.3) is 0 Å². The Labute approximate surface area is 101 Å². The monoisotopic (exact) mass is 232 g/mol. The Hall–Kier alpha value is -1.97. The van der Waals surface area contributed by atoms with Gasteiger partial charge in [0.15, 0.2) is 11.5 Å². The van der Waals surface area contributed by atoms with E-state index in [2.05, 4.69) is 4.98 Å². The average Bonchev–Trinajstić information content (AvgIpc) is 2.66. The average molecular weight is 232 g/mol. The molecule has 0 bridgehead atoms. The van der Waals surface area contributed by atoms with E-state index in [0.29, 0.717) is 6.61 Å². The van der Waals surface area contributed by atoms with Crippen molar-refractivity contribution in [3.63, 3.8) is 0 Å². The van der Waals surface area contributed by atoms with Crippen molar-refractivity contribution in [2.75, 3.05) is 7.11 Å². The molecule has 1 aromatic carbocycles. The Kier molecular flexibility index (Phi) is 3.32. The van der Waals surface area contributed by atoms with Gasteiger partial charge in [-0.05, 0) is 19.1 Å². The molecule has 0 fully saturated rings. The predicted molar refractivity (Wildman–Crippen MR) is 65.3 cm³/mol. The van der Waals surface area contributed by atoms with Gasteiger partial charge in [-0.15, -0.1) is 0 Å². The second-order valence-corrected chi connectivity index (χ2v) is 3.83. The summed E-state index contributed by atoms with van der Waals surface area (Å²) in [7, 11) is 3.60. The Balaban J connectivity index is 2.07. The fourth-order valence-electron chi connectivity index (χ4n) is 1.59. The van der Waals surface area contributed by atoms with E-state index in [0.717, 1.165) is 23.0 Å². The third-order valence-corrected chi connectivity index (χ3v) is 2.60. The molecule has 2 rings (SSSR count). The molecule has 1 aromatic heterocycles. The van der Waals surface area contributed by atoms with Crippen LogP contribution in [0.15, 0.2) is 30.5 Å². The molecule has 1 heterocycles. The minimum Gasteiger partial charge on any atom is -0.493 e. The first-order chi connectivity index (χ1) is 8.20. The van der Waals surface area contributed by atoms with Crippen LogP contribution in [-0.2, 0) is 13.7 Å². The van der Waals surface area contributed by atoms with Crippen molar-refractivity contribution >= 4 is 0 Å². The van der Waals surface area contributed by atoms with Crippen LogP contribution in [-0.4, -0.2) is 16.7 Å². The standard InChI is InChI=1S/C13H16N2O2/c1-10-14-11(8-15(10)2)9-17-13-7-5-4-6-12(13)16-3/h4-8H,9H2,1-3H3. The molecule has 0 aliphatic heterocycles. The quantitative estimate of drug-likeness (QED) is 0.811. The largest absolute Gasteiger partial charge is 0.493 e. The molecule has 4 heteroatoms. The summed E-state index contributed by atoms with van der Waals surface area (Å²) in [5, 5.41) is 0. The molecule has 4 nitrogen and oxygen atoms in total. The van der Waals surface area contributed by atoms with Gasteiger partial charge in [0.05, 0.1) is 12.8 Å². The smallest absolute Gasteiger partial charge is 0.161 e. The van der Waals surface area contributed by atoms with Gasteiger partial charge >= 0.3 is 0 Å². The van der Waals surface area contributed by atoms with Gasteiger partial charge < -0.3 is 14.0 Å². The zero-order valence-corrected chi connectivity index (χ0v) is 10.3. The molecule has 2 aromatic rings. The third-order valence-electron chi connectivity index (χ3n) is 2.60. The molecular weight excluding hydrogens is 216 g/mol. The lowest BCUT2D eigenvalue weighted by molar-refractivity contribution is 0.281. The minimum atomic E-state index is 0.446. The molecule has 0 atom stereocenters. The van der Waals surface area contributed by atoms with E-state index in [1.54, 1.807) is 7.11 Å². The van der Waals surface area contributed by atoms with Crippen LogP contribution in [0, 0.1) is 6.92 Å². The molecular formula is C13H16N2O2. The van der Waals surface area contributed by atoms with E-state index >= 15 is 0 Å². The summed E-state index contributed by atoms with van der Waals surface area (Å²) in [5.74, 6) is 2.45. The molecule has 0 amide bonds. The van der Waals surface area contributed by atoms with E-state index in [1.165, 1.54) is 0 Å². The van der Waals surface area contributed by atoms with Gasteiger partial charge in [-0.2, -0.15) is 0 Å².